The molecule has 118 valence electrons. The van der Waals surface area contributed by atoms with Crippen molar-refractivity contribution in [3.05, 3.63) is 65.8 Å². The van der Waals surface area contributed by atoms with Crippen molar-refractivity contribution in [2.45, 2.75) is 25.0 Å². The molecule has 0 aliphatic carbocycles. The SMILES string of the molecule is CC12C=CC(C)(O1)C1=C2C(=O)N(c2ccc3ccccc3c2)C1=O. The molecule has 2 atom stereocenters. The van der Waals surface area contributed by atoms with Crippen LogP contribution >= 0.6 is 0 Å². The van der Waals surface area contributed by atoms with E-state index >= 15 is 0 Å². The molecular weight excluding hydrogens is 302 g/mol. The van der Waals surface area contributed by atoms with Crippen LogP contribution in [0.1, 0.15) is 13.8 Å². The zero-order valence-electron chi connectivity index (χ0n) is 13.4. The van der Waals surface area contributed by atoms with E-state index in [9.17, 15) is 9.59 Å². The normalized spacial score (nSPS) is 30.8. The van der Waals surface area contributed by atoms with Crippen LogP contribution in [-0.4, -0.2) is 23.0 Å². The second-order valence-corrected chi connectivity index (χ2v) is 6.88. The zero-order valence-corrected chi connectivity index (χ0v) is 13.4. The first-order valence-corrected chi connectivity index (χ1v) is 7.96. The van der Waals surface area contributed by atoms with Crippen molar-refractivity contribution in [3.8, 4) is 0 Å². The quantitative estimate of drug-likeness (QED) is 0.600. The Labute approximate surface area is 139 Å². The van der Waals surface area contributed by atoms with E-state index < -0.39 is 11.2 Å². The molecule has 3 heterocycles. The van der Waals surface area contributed by atoms with E-state index in [-0.39, 0.29) is 11.8 Å². The smallest absolute Gasteiger partial charge is 0.265 e. The fraction of sp³-hybridized carbons (Fsp3) is 0.200. The molecule has 0 N–H and O–H groups in total. The highest BCUT2D eigenvalue weighted by atomic mass is 16.5. The molecule has 2 aromatic carbocycles. The summed E-state index contributed by atoms with van der Waals surface area (Å²) in [4.78, 5) is 27.3. The molecule has 2 unspecified atom stereocenters. The Morgan fingerprint density at radius 1 is 0.833 bits per heavy atom. The van der Waals surface area contributed by atoms with Crippen LogP contribution in [0.2, 0.25) is 0 Å². The summed E-state index contributed by atoms with van der Waals surface area (Å²) in [5.41, 5.74) is -0.0498. The van der Waals surface area contributed by atoms with E-state index in [1.807, 2.05) is 68.5 Å². The summed E-state index contributed by atoms with van der Waals surface area (Å²) >= 11 is 0. The number of nitrogens with zero attached hydrogens (tertiary/aromatic N) is 1. The van der Waals surface area contributed by atoms with E-state index in [0.717, 1.165) is 10.8 Å². The monoisotopic (exact) mass is 317 g/mol. The molecule has 0 fully saturated rings. The molecule has 5 rings (SSSR count). The van der Waals surface area contributed by atoms with Gasteiger partial charge in [-0.3, -0.25) is 9.59 Å². The molecule has 2 bridgehead atoms. The van der Waals surface area contributed by atoms with E-state index in [4.69, 9.17) is 4.74 Å². The minimum atomic E-state index is -0.803. The highest BCUT2D eigenvalue weighted by Crippen LogP contribution is 2.53. The third kappa shape index (κ3) is 1.47. The van der Waals surface area contributed by atoms with Crippen molar-refractivity contribution < 1.29 is 14.3 Å². The number of rotatable bonds is 1. The molecule has 3 aliphatic heterocycles. The lowest BCUT2D eigenvalue weighted by atomic mass is 9.85. The van der Waals surface area contributed by atoms with Crippen molar-refractivity contribution in [2.75, 3.05) is 4.90 Å². The maximum absolute atomic E-state index is 13.0. The number of carbonyl (C=O) groups excluding carboxylic acids is 2. The predicted octanol–water partition coefficient (Wildman–Crippen LogP) is 3.13. The lowest BCUT2D eigenvalue weighted by molar-refractivity contribution is -0.123. The van der Waals surface area contributed by atoms with Gasteiger partial charge < -0.3 is 4.74 Å². The lowest BCUT2D eigenvalue weighted by Crippen LogP contribution is -2.40. The fourth-order valence-electron chi connectivity index (χ4n) is 4.10. The van der Waals surface area contributed by atoms with Crippen molar-refractivity contribution in [1.82, 2.24) is 0 Å². The molecule has 4 heteroatoms. The Morgan fingerprint density at radius 3 is 2.04 bits per heavy atom. The van der Waals surface area contributed by atoms with Crippen molar-refractivity contribution in [3.63, 3.8) is 0 Å². The lowest BCUT2D eigenvalue weighted by Gasteiger charge is -2.26. The van der Waals surface area contributed by atoms with Crippen molar-refractivity contribution in [1.29, 1.82) is 0 Å². The van der Waals surface area contributed by atoms with Crippen LogP contribution in [0, 0.1) is 0 Å². The predicted molar refractivity (Wildman–Crippen MR) is 90.5 cm³/mol. The number of hydrogen-bond donors (Lipinski definition) is 0. The van der Waals surface area contributed by atoms with Crippen LogP contribution in [0.4, 0.5) is 5.69 Å². The van der Waals surface area contributed by atoms with E-state index in [1.54, 1.807) is 0 Å². The van der Waals surface area contributed by atoms with Gasteiger partial charge in [-0.1, -0.05) is 30.3 Å². The summed E-state index contributed by atoms with van der Waals surface area (Å²) in [5.74, 6) is -0.554. The Morgan fingerprint density at radius 2 is 1.42 bits per heavy atom. The Hall–Kier alpha value is -2.72. The number of fused-ring (bicyclic) bond motifs is 5. The first kappa shape index (κ1) is 13.7. The van der Waals surface area contributed by atoms with Crippen LogP contribution in [0.5, 0.6) is 0 Å². The first-order valence-electron chi connectivity index (χ1n) is 7.96. The topological polar surface area (TPSA) is 46.6 Å². The van der Waals surface area contributed by atoms with Crippen LogP contribution in [0.25, 0.3) is 10.8 Å². The van der Waals surface area contributed by atoms with Crippen molar-refractivity contribution >= 4 is 28.3 Å². The summed E-state index contributed by atoms with van der Waals surface area (Å²) in [6.45, 7) is 3.68. The van der Waals surface area contributed by atoms with Gasteiger partial charge >= 0.3 is 0 Å². The molecule has 24 heavy (non-hydrogen) atoms. The van der Waals surface area contributed by atoms with Gasteiger partial charge in [0.1, 0.15) is 11.2 Å². The van der Waals surface area contributed by atoms with Crippen LogP contribution in [0.3, 0.4) is 0 Å². The van der Waals surface area contributed by atoms with Gasteiger partial charge in [-0.15, -0.1) is 0 Å². The highest BCUT2D eigenvalue weighted by molar-refractivity contribution is 6.35. The fourth-order valence-corrected chi connectivity index (χ4v) is 4.10. The average molecular weight is 317 g/mol. The molecule has 4 nitrogen and oxygen atoms in total. The standard InChI is InChI=1S/C20H15NO3/c1-19-9-10-20(2,24-19)16-15(19)17(22)21(18(16)23)14-8-7-12-5-3-4-6-13(12)11-14/h3-11H,1-2H3. The van der Waals surface area contributed by atoms with E-state index in [0.29, 0.717) is 16.8 Å². The highest BCUT2D eigenvalue weighted by Gasteiger charge is 2.62. The summed E-state index contributed by atoms with van der Waals surface area (Å²) in [5, 5.41) is 2.07. The van der Waals surface area contributed by atoms with Crippen LogP contribution in [-0.2, 0) is 14.3 Å². The van der Waals surface area contributed by atoms with Gasteiger partial charge in [-0.2, -0.15) is 0 Å². The third-order valence-electron chi connectivity index (χ3n) is 5.21. The molecule has 2 amide bonds. The van der Waals surface area contributed by atoms with Gasteiger partial charge in [0.05, 0.1) is 16.8 Å². The Bertz CT molecular complexity index is 978. The van der Waals surface area contributed by atoms with Crippen molar-refractivity contribution in [2.24, 2.45) is 0 Å². The largest absolute Gasteiger partial charge is 0.351 e. The summed E-state index contributed by atoms with van der Waals surface area (Å²) in [6, 6.07) is 13.5. The third-order valence-corrected chi connectivity index (χ3v) is 5.21. The number of amides is 2. The van der Waals surface area contributed by atoms with Gasteiger partial charge in [0, 0.05) is 0 Å². The number of benzene rings is 2. The molecular formula is C20H15NO3. The molecule has 2 aromatic rings. The molecule has 0 saturated heterocycles. The molecule has 0 spiro atoms. The molecule has 0 radical (unpaired) electrons. The second kappa shape index (κ2) is 4.02. The van der Waals surface area contributed by atoms with Gasteiger partial charge in [-0.25, -0.2) is 4.90 Å². The zero-order chi connectivity index (χ0) is 16.7. The number of anilines is 1. The second-order valence-electron chi connectivity index (χ2n) is 6.88. The number of imide groups is 1. The van der Waals surface area contributed by atoms with Gasteiger partial charge in [0.15, 0.2) is 0 Å². The molecule has 3 aliphatic rings. The maximum atomic E-state index is 13.0. The maximum Gasteiger partial charge on any atom is 0.265 e. The molecule has 0 aromatic heterocycles. The minimum absolute atomic E-state index is 0.277. The average Bonchev–Trinajstić information content (AvgIpc) is 3.11. The van der Waals surface area contributed by atoms with Gasteiger partial charge in [0.25, 0.3) is 11.8 Å². The Balaban J connectivity index is 1.65. The first-order chi connectivity index (χ1) is 11.4. The van der Waals surface area contributed by atoms with Crippen LogP contribution < -0.4 is 4.90 Å². The summed E-state index contributed by atoms with van der Waals surface area (Å²) in [6.07, 6.45) is 3.75. The van der Waals surface area contributed by atoms with E-state index in [2.05, 4.69) is 0 Å². The molecule has 0 saturated carbocycles. The minimum Gasteiger partial charge on any atom is -0.351 e. The Kier molecular flexibility index (Phi) is 2.30. The summed E-state index contributed by atoms with van der Waals surface area (Å²) in [7, 11) is 0. The number of hydrogen-bond acceptors (Lipinski definition) is 3. The van der Waals surface area contributed by atoms with Gasteiger partial charge in [-0.05, 0) is 48.9 Å². The van der Waals surface area contributed by atoms with Gasteiger partial charge in [0.2, 0.25) is 0 Å². The number of ether oxygens (including phenoxy) is 1. The number of carbonyl (C=O) groups is 2. The summed E-state index contributed by atoms with van der Waals surface area (Å²) < 4.78 is 5.96. The van der Waals surface area contributed by atoms with E-state index in [1.165, 1.54) is 4.90 Å². The van der Waals surface area contributed by atoms with Crippen LogP contribution in [0.15, 0.2) is 65.8 Å².